The summed E-state index contributed by atoms with van der Waals surface area (Å²) < 4.78 is 27.6. The standard InChI is InChI=1S/C27H39N5O3S2/c1-19(16-33)32-11-9-31(10-12-32)8-7-22-17-36-27(29-22)25-14-21-13-23(37(34,35)18-28)15-24(26(21)30(25)2)20-5-3-4-6-20/h13-16,19-20,22H,3-12,17-18,28H2,1-2H3. The van der Waals surface area contributed by atoms with Crippen LogP contribution in [0.3, 0.4) is 0 Å². The summed E-state index contributed by atoms with van der Waals surface area (Å²) in [4.78, 5) is 21.2. The molecule has 5 rings (SSSR count). The van der Waals surface area contributed by atoms with Gasteiger partial charge >= 0.3 is 0 Å². The van der Waals surface area contributed by atoms with Gasteiger partial charge in [0.05, 0.1) is 28.2 Å². The number of carbonyl (C=O) groups excluding carboxylic acids is 1. The van der Waals surface area contributed by atoms with Crippen molar-refractivity contribution in [2.45, 2.75) is 61.9 Å². The molecule has 2 atom stereocenters. The van der Waals surface area contributed by atoms with Gasteiger partial charge in [-0.05, 0) is 55.9 Å². The van der Waals surface area contributed by atoms with Gasteiger partial charge < -0.3 is 20.0 Å². The lowest BCUT2D eigenvalue weighted by atomic mass is 9.95. The molecule has 2 aromatic rings. The summed E-state index contributed by atoms with van der Waals surface area (Å²) >= 11 is 1.80. The largest absolute Gasteiger partial charge is 0.342 e. The number of aliphatic imine (C=N–C) groups is 1. The highest BCUT2D eigenvalue weighted by molar-refractivity contribution is 8.14. The quantitative estimate of drug-likeness (QED) is 0.484. The van der Waals surface area contributed by atoms with Crippen LogP contribution in [0.25, 0.3) is 10.9 Å². The van der Waals surface area contributed by atoms with Crippen molar-refractivity contribution in [1.82, 2.24) is 14.4 Å². The maximum absolute atomic E-state index is 12.7. The van der Waals surface area contributed by atoms with Crippen molar-refractivity contribution in [3.63, 3.8) is 0 Å². The topological polar surface area (TPSA) is 101 Å². The van der Waals surface area contributed by atoms with E-state index in [2.05, 4.69) is 27.5 Å². The highest BCUT2D eigenvalue weighted by Crippen LogP contribution is 2.40. The first-order valence-electron chi connectivity index (χ1n) is 13.5. The van der Waals surface area contributed by atoms with Gasteiger partial charge in [0, 0.05) is 50.9 Å². The second-order valence-corrected chi connectivity index (χ2v) is 13.8. The Hall–Kier alpha value is -1.72. The number of aromatic nitrogens is 1. The van der Waals surface area contributed by atoms with E-state index in [0.717, 1.165) is 91.2 Å². The monoisotopic (exact) mass is 545 g/mol. The van der Waals surface area contributed by atoms with E-state index >= 15 is 0 Å². The molecule has 2 aliphatic heterocycles. The number of hydrogen-bond acceptors (Lipinski definition) is 8. The Labute approximate surface area is 224 Å². The number of benzene rings is 1. The Balaban J connectivity index is 1.34. The van der Waals surface area contributed by atoms with Crippen LogP contribution in [-0.2, 0) is 21.7 Å². The molecule has 2 N–H and O–H groups in total. The Morgan fingerprint density at radius 1 is 1.16 bits per heavy atom. The average Bonchev–Trinajstić information content (AvgIpc) is 3.67. The molecular formula is C27H39N5O3S2. The summed E-state index contributed by atoms with van der Waals surface area (Å²) in [5, 5.41) is 2.01. The molecule has 0 radical (unpaired) electrons. The van der Waals surface area contributed by atoms with Gasteiger partial charge in [0.25, 0.3) is 0 Å². The molecule has 10 heteroatoms. The van der Waals surface area contributed by atoms with Gasteiger partial charge in [-0.2, -0.15) is 0 Å². The lowest BCUT2D eigenvalue weighted by Crippen LogP contribution is -2.50. The third kappa shape index (κ3) is 5.54. The molecule has 0 amide bonds. The molecule has 2 fully saturated rings. The number of aryl methyl sites for hydroxylation is 1. The van der Waals surface area contributed by atoms with E-state index in [1.165, 1.54) is 12.8 Å². The van der Waals surface area contributed by atoms with E-state index in [4.69, 9.17) is 10.7 Å². The number of thioether (sulfide) groups is 1. The first-order valence-corrected chi connectivity index (χ1v) is 16.1. The zero-order chi connectivity index (χ0) is 26.2. The number of hydrogen-bond donors (Lipinski definition) is 1. The van der Waals surface area contributed by atoms with Gasteiger partial charge in [-0.3, -0.25) is 9.89 Å². The zero-order valence-electron chi connectivity index (χ0n) is 21.9. The Morgan fingerprint density at radius 3 is 2.57 bits per heavy atom. The van der Waals surface area contributed by atoms with E-state index < -0.39 is 9.84 Å². The number of fused-ring (bicyclic) bond motifs is 1. The summed E-state index contributed by atoms with van der Waals surface area (Å²) in [6.45, 7) is 6.86. The molecule has 3 aliphatic rings. The predicted molar refractivity (Wildman–Crippen MR) is 151 cm³/mol. The van der Waals surface area contributed by atoms with E-state index in [0.29, 0.717) is 10.8 Å². The second kappa shape index (κ2) is 11.2. The fourth-order valence-electron chi connectivity index (χ4n) is 6.06. The smallest absolute Gasteiger partial charge is 0.191 e. The summed E-state index contributed by atoms with van der Waals surface area (Å²) in [5.74, 6) is 0.983. The van der Waals surface area contributed by atoms with Crippen LogP contribution in [0.5, 0.6) is 0 Å². The number of sulfone groups is 1. The molecule has 1 saturated carbocycles. The van der Waals surface area contributed by atoms with Crippen LogP contribution in [0, 0.1) is 0 Å². The van der Waals surface area contributed by atoms with Crippen molar-refractivity contribution < 1.29 is 13.2 Å². The van der Waals surface area contributed by atoms with Crippen LogP contribution in [0.4, 0.5) is 0 Å². The summed E-state index contributed by atoms with van der Waals surface area (Å²) in [7, 11) is -1.41. The normalized spacial score (nSPS) is 23.1. The highest BCUT2D eigenvalue weighted by atomic mass is 32.2. The lowest BCUT2D eigenvalue weighted by molar-refractivity contribution is -0.112. The molecule has 1 aliphatic carbocycles. The molecule has 37 heavy (non-hydrogen) atoms. The third-order valence-electron chi connectivity index (χ3n) is 8.39. The summed E-state index contributed by atoms with van der Waals surface area (Å²) in [6, 6.07) is 6.08. The van der Waals surface area contributed by atoms with E-state index in [1.807, 2.05) is 13.0 Å². The molecule has 202 valence electrons. The number of nitrogens with two attached hydrogens (primary N) is 1. The maximum atomic E-state index is 12.7. The Kier molecular flexibility index (Phi) is 8.12. The fourth-order valence-corrected chi connectivity index (χ4v) is 8.02. The minimum Gasteiger partial charge on any atom is -0.342 e. The van der Waals surface area contributed by atoms with Crippen molar-refractivity contribution in [2.24, 2.45) is 17.8 Å². The first-order chi connectivity index (χ1) is 17.8. The van der Waals surface area contributed by atoms with Crippen molar-refractivity contribution in [3.05, 3.63) is 29.5 Å². The van der Waals surface area contributed by atoms with Crippen molar-refractivity contribution in [3.8, 4) is 0 Å². The van der Waals surface area contributed by atoms with Gasteiger partial charge in [0.15, 0.2) is 9.84 Å². The Morgan fingerprint density at radius 2 is 1.89 bits per heavy atom. The minimum atomic E-state index is -3.49. The van der Waals surface area contributed by atoms with Crippen molar-refractivity contribution in [1.29, 1.82) is 0 Å². The molecule has 1 saturated heterocycles. The molecule has 0 spiro atoms. The summed E-state index contributed by atoms with van der Waals surface area (Å²) in [5.41, 5.74) is 8.95. The number of piperazine rings is 1. The van der Waals surface area contributed by atoms with E-state index in [1.54, 1.807) is 17.8 Å². The van der Waals surface area contributed by atoms with Crippen LogP contribution in [0.15, 0.2) is 28.1 Å². The number of rotatable bonds is 9. The Bertz CT molecular complexity index is 1270. The van der Waals surface area contributed by atoms with Crippen molar-refractivity contribution in [2.75, 3.05) is 44.4 Å². The van der Waals surface area contributed by atoms with Gasteiger partial charge in [-0.25, -0.2) is 8.42 Å². The van der Waals surface area contributed by atoms with Crippen LogP contribution in [0.1, 0.15) is 56.2 Å². The predicted octanol–water partition coefficient (Wildman–Crippen LogP) is 2.98. The fraction of sp³-hybridized carbons (Fsp3) is 0.630. The molecule has 0 bridgehead atoms. The molecule has 8 nitrogen and oxygen atoms in total. The SMILES string of the molecule is CC(C=O)N1CCN(CCC2CSC(c3cc4cc(S(=O)(=O)CN)cc(C5CCCC5)c4n3C)=N2)CC1. The van der Waals surface area contributed by atoms with Crippen molar-refractivity contribution >= 4 is 43.8 Å². The molecule has 3 heterocycles. The number of aldehydes is 1. The third-order valence-corrected chi connectivity index (χ3v) is 10.9. The minimum absolute atomic E-state index is 0.00187. The van der Waals surface area contributed by atoms with Gasteiger partial charge in [-0.15, -0.1) is 11.8 Å². The lowest BCUT2D eigenvalue weighted by Gasteiger charge is -2.36. The first kappa shape index (κ1) is 26.9. The van der Waals surface area contributed by atoms with Crippen LogP contribution < -0.4 is 5.73 Å². The number of nitrogens with zero attached hydrogens (tertiary/aromatic N) is 4. The van der Waals surface area contributed by atoms with Gasteiger partial charge in [-0.1, -0.05) is 12.8 Å². The van der Waals surface area contributed by atoms with Crippen LogP contribution in [-0.4, -0.2) is 90.6 Å². The highest BCUT2D eigenvalue weighted by Gasteiger charge is 2.28. The number of carbonyl (C=O) groups is 1. The average molecular weight is 546 g/mol. The van der Waals surface area contributed by atoms with E-state index in [9.17, 15) is 13.2 Å². The summed E-state index contributed by atoms with van der Waals surface area (Å²) in [6.07, 6.45) is 6.63. The molecular weight excluding hydrogens is 506 g/mol. The zero-order valence-corrected chi connectivity index (χ0v) is 23.6. The van der Waals surface area contributed by atoms with Gasteiger partial charge in [0.1, 0.15) is 17.2 Å². The molecule has 1 aromatic carbocycles. The van der Waals surface area contributed by atoms with E-state index in [-0.39, 0.29) is 18.0 Å². The van der Waals surface area contributed by atoms with Gasteiger partial charge in [0.2, 0.25) is 0 Å². The second-order valence-electron chi connectivity index (χ2n) is 10.7. The maximum Gasteiger partial charge on any atom is 0.191 e. The van der Waals surface area contributed by atoms with Crippen LogP contribution in [0.2, 0.25) is 0 Å². The van der Waals surface area contributed by atoms with Crippen LogP contribution >= 0.6 is 11.8 Å². The molecule has 2 unspecified atom stereocenters. The molecule has 1 aromatic heterocycles.